The molecule has 1 aromatic heterocycles. The number of aromatic nitrogens is 1. The summed E-state index contributed by atoms with van der Waals surface area (Å²) in [7, 11) is 0. The van der Waals surface area contributed by atoms with Crippen molar-refractivity contribution >= 4 is 23.2 Å². The van der Waals surface area contributed by atoms with Gasteiger partial charge in [-0.15, -0.1) is 11.3 Å². The van der Waals surface area contributed by atoms with Crippen LogP contribution in [0.2, 0.25) is 0 Å². The number of hydrogen-bond donors (Lipinski definition) is 2. The lowest BCUT2D eigenvalue weighted by Gasteiger charge is -2.07. The van der Waals surface area contributed by atoms with Gasteiger partial charge in [0.1, 0.15) is 10.7 Å². The molecule has 5 nitrogen and oxygen atoms in total. The molecular formula is C19H24FN3O2S. The van der Waals surface area contributed by atoms with E-state index in [4.69, 9.17) is 0 Å². The summed E-state index contributed by atoms with van der Waals surface area (Å²) in [5, 5.41) is 6.53. The highest BCUT2D eigenvalue weighted by Crippen LogP contribution is 2.19. The van der Waals surface area contributed by atoms with Crippen molar-refractivity contribution in [2.24, 2.45) is 0 Å². The average Bonchev–Trinajstić information content (AvgIpc) is 2.99. The van der Waals surface area contributed by atoms with Crippen LogP contribution in [0.3, 0.4) is 0 Å². The topological polar surface area (TPSA) is 71.1 Å². The molecule has 1 heterocycles. The Morgan fingerprint density at radius 1 is 1.15 bits per heavy atom. The second-order valence-electron chi connectivity index (χ2n) is 6.03. The minimum atomic E-state index is -0.326. The Balaban J connectivity index is 1.72. The average molecular weight is 377 g/mol. The number of rotatable bonds is 9. The number of amides is 2. The van der Waals surface area contributed by atoms with Gasteiger partial charge >= 0.3 is 0 Å². The molecule has 0 aliphatic carbocycles. The van der Waals surface area contributed by atoms with E-state index in [0.717, 1.165) is 35.5 Å². The van der Waals surface area contributed by atoms with Gasteiger partial charge in [-0.2, -0.15) is 0 Å². The maximum absolute atomic E-state index is 12.8. The molecule has 0 radical (unpaired) electrons. The normalized spacial score (nSPS) is 10.6. The van der Waals surface area contributed by atoms with E-state index < -0.39 is 0 Å². The van der Waals surface area contributed by atoms with E-state index >= 15 is 0 Å². The predicted octanol–water partition coefficient (Wildman–Crippen LogP) is 3.02. The van der Waals surface area contributed by atoms with E-state index in [1.165, 1.54) is 23.5 Å². The largest absolute Gasteiger partial charge is 0.354 e. The van der Waals surface area contributed by atoms with Crippen LogP contribution in [0.5, 0.6) is 0 Å². The lowest BCUT2D eigenvalue weighted by Crippen LogP contribution is -2.35. The van der Waals surface area contributed by atoms with Crippen molar-refractivity contribution < 1.29 is 14.0 Å². The van der Waals surface area contributed by atoms with Crippen LogP contribution in [-0.2, 0) is 17.6 Å². The standard InChI is InChI=1S/C19H24FN3O2S/c1-3-4-5-17-23-13(2)18(26-17)19(25)22-11-10-21-16(24)12-14-6-8-15(20)9-7-14/h6-9H,3-5,10-12H2,1-2H3,(H,21,24)(H,22,25). The summed E-state index contributed by atoms with van der Waals surface area (Å²) in [4.78, 5) is 29.1. The van der Waals surface area contributed by atoms with E-state index in [1.807, 2.05) is 6.92 Å². The molecular weight excluding hydrogens is 353 g/mol. The van der Waals surface area contributed by atoms with Crippen LogP contribution < -0.4 is 10.6 Å². The zero-order chi connectivity index (χ0) is 18.9. The SMILES string of the molecule is CCCCc1nc(C)c(C(=O)NCCNC(=O)Cc2ccc(F)cc2)s1. The number of carbonyl (C=O) groups is 2. The second kappa shape index (κ2) is 10.0. The fraction of sp³-hybridized carbons (Fsp3) is 0.421. The third-order valence-corrected chi connectivity index (χ3v) is 5.02. The summed E-state index contributed by atoms with van der Waals surface area (Å²) < 4.78 is 12.8. The molecule has 26 heavy (non-hydrogen) atoms. The van der Waals surface area contributed by atoms with Crippen molar-refractivity contribution in [2.45, 2.75) is 39.5 Å². The molecule has 0 saturated heterocycles. The number of thiazole rings is 1. The summed E-state index contributed by atoms with van der Waals surface area (Å²) in [6.45, 7) is 4.64. The number of hydrogen-bond acceptors (Lipinski definition) is 4. The summed E-state index contributed by atoms with van der Waals surface area (Å²) in [5.74, 6) is -0.648. The van der Waals surface area contributed by atoms with Crippen molar-refractivity contribution in [3.63, 3.8) is 0 Å². The Bertz CT molecular complexity index is 744. The van der Waals surface area contributed by atoms with Crippen molar-refractivity contribution in [1.82, 2.24) is 15.6 Å². The Morgan fingerprint density at radius 3 is 2.54 bits per heavy atom. The van der Waals surface area contributed by atoms with Gasteiger partial charge in [-0.3, -0.25) is 9.59 Å². The Labute approximate surface area is 157 Å². The molecule has 0 fully saturated rings. The summed E-state index contributed by atoms with van der Waals surface area (Å²) in [5.41, 5.74) is 1.49. The van der Waals surface area contributed by atoms with Gasteiger partial charge in [0, 0.05) is 13.1 Å². The van der Waals surface area contributed by atoms with Crippen LogP contribution in [0.1, 0.15) is 45.7 Å². The second-order valence-corrected chi connectivity index (χ2v) is 7.12. The zero-order valence-electron chi connectivity index (χ0n) is 15.1. The van der Waals surface area contributed by atoms with Gasteiger partial charge in [0.15, 0.2) is 0 Å². The summed E-state index contributed by atoms with van der Waals surface area (Å²) in [6, 6.07) is 5.82. The lowest BCUT2D eigenvalue weighted by molar-refractivity contribution is -0.120. The molecule has 2 N–H and O–H groups in total. The molecule has 0 atom stereocenters. The van der Waals surface area contributed by atoms with Crippen LogP contribution in [-0.4, -0.2) is 29.9 Å². The third-order valence-electron chi connectivity index (χ3n) is 3.80. The van der Waals surface area contributed by atoms with Crippen molar-refractivity contribution in [3.8, 4) is 0 Å². The highest BCUT2D eigenvalue weighted by atomic mass is 32.1. The molecule has 0 unspecified atom stereocenters. The minimum absolute atomic E-state index is 0.157. The van der Waals surface area contributed by atoms with Crippen LogP contribution >= 0.6 is 11.3 Å². The lowest BCUT2D eigenvalue weighted by atomic mass is 10.1. The first-order valence-corrected chi connectivity index (χ1v) is 9.57. The molecule has 0 aliphatic rings. The first-order chi connectivity index (χ1) is 12.5. The molecule has 0 aliphatic heterocycles. The number of halogens is 1. The molecule has 0 bridgehead atoms. The predicted molar refractivity (Wildman–Crippen MR) is 101 cm³/mol. The van der Waals surface area contributed by atoms with Gasteiger partial charge < -0.3 is 10.6 Å². The van der Waals surface area contributed by atoms with Crippen molar-refractivity contribution in [1.29, 1.82) is 0 Å². The number of aryl methyl sites for hydroxylation is 2. The fourth-order valence-corrected chi connectivity index (χ4v) is 3.43. The van der Waals surface area contributed by atoms with Gasteiger partial charge in [0.25, 0.3) is 5.91 Å². The van der Waals surface area contributed by atoms with Gasteiger partial charge in [-0.1, -0.05) is 25.5 Å². The minimum Gasteiger partial charge on any atom is -0.354 e. The van der Waals surface area contributed by atoms with Gasteiger partial charge in [-0.05, 0) is 37.5 Å². The van der Waals surface area contributed by atoms with Crippen molar-refractivity contribution in [2.75, 3.05) is 13.1 Å². The third kappa shape index (κ3) is 6.22. The fourth-order valence-electron chi connectivity index (χ4n) is 2.41. The maximum Gasteiger partial charge on any atom is 0.263 e. The highest BCUT2D eigenvalue weighted by Gasteiger charge is 2.14. The van der Waals surface area contributed by atoms with Crippen molar-refractivity contribution in [3.05, 3.63) is 51.2 Å². The van der Waals surface area contributed by atoms with E-state index in [1.54, 1.807) is 12.1 Å². The molecule has 2 rings (SSSR count). The Hall–Kier alpha value is -2.28. The molecule has 0 spiro atoms. The molecule has 140 valence electrons. The van der Waals surface area contributed by atoms with Crippen LogP contribution in [0, 0.1) is 12.7 Å². The van der Waals surface area contributed by atoms with Crippen LogP contribution in [0.4, 0.5) is 4.39 Å². The van der Waals surface area contributed by atoms with Crippen LogP contribution in [0.25, 0.3) is 0 Å². The maximum atomic E-state index is 12.8. The quantitative estimate of drug-likeness (QED) is 0.660. The van der Waals surface area contributed by atoms with E-state index in [-0.39, 0.29) is 24.1 Å². The smallest absolute Gasteiger partial charge is 0.263 e. The molecule has 2 aromatic rings. The molecule has 2 amide bonds. The van der Waals surface area contributed by atoms with Gasteiger partial charge in [0.05, 0.1) is 17.1 Å². The number of carbonyl (C=O) groups excluding carboxylic acids is 2. The van der Waals surface area contributed by atoms with E-state index in [0.29, 0.717) is 18.0 Å². The molecule has 1 aromatic carbocycles. The van der Waals surface area contributed by atoms with Crippen LogP contribution in [0.15, 0.2) is 24.3 Å². The van der Waals surface area contributed by atoms with Gasteiger partial charge in [-0.25, -0.2) is 9.37 Å². The Kier molecular flexibility index (Phi) is 7.72. The number of nitrogens with one attached hydrogen (secondary N) is 2. The first kappa shape index (κ1) is 20.0. The number of benzene rings is 1. The molecule has 7 heteroatoms. The summed E-state index contributed by atoms with van der Waals surface area (Å²) >= 11 is 1.43. The highest BCUT2D eigenvalue weighted by molar-refractivity contribution is 7.13. The van der Waals surface area contributed by atoms with E-state index in [9.17, 15) is 14.0 Å². The molecule has 0 saturated carbocycles. The Morgan fingerprint density at radius 2 is 1.85 bits per heavy atom. The summed E-state index contributed by atoms with van der Waals surface area (Å²) in [6.07, 6.45) is 3.24. The monoisotopic (exact) mass is 377 g/mol. The van der Waals surface area contributed by atoms with Gasteiger partial charge in [0.2, 0.25) is 5.91 Å². The number of nitrogens with zero attached hydrogens (tertiary/aromatic N) is 1. The number of unbranched alkanes of at least 4 members (excludes halogenated alkanes) is 1. The first-order valence-electron chi connectivity index (χ1n) is 8.75. The zero-order valence-corrected chi connectivity index (χ0v) is 15.9. The van der Waals surface area contributed by atoms with E-state index in [2.05, 4.69) is 22.5 Å².